The molecular formula is C49H108Hf3O11. The second kappa shape index (κ2) is 50.6. The first-order valence-electron chi connectivity index (χ1n) is 21.0. The molecule has 382 valence electrons. The minimum absolute atomic E-state index is 0. The minimum Gasteiger partial charge on any atom is -2.00 e. The van der Waals surface area contributed by atoms with Crippen LogP contribution in [0.1, 0.15) is 208 Å². The SMILES string of the molecule is CC(C)(C)C[O-].CC(C)(C)C[O-].CC(C)(C)C[O-].CC(C)(C)C[O-].CC(C)(C)C[O-].CC(C)(C)C[O-].CC(C)(C)C[O-].CC(C)(C)C[O-].CC(C)(C)C[O-].CC(C)(C)[O-].[Hf+4].[Hf+4].[Hf+4].[O-2]. The zero-order valence-corrected chi connectivity index (χ0v) is 58.1. The maximum absolute atomic E-state index is 10.1. The number of hydrogen-bond donors (Lipinski definition) is 0. The van der Waals surface area contributed by atoms with Crippen LogP contribution >= 0.6 is 0 Å². The summed E-state index contributed by atoms with van der Waals surface area (Å²) in [6, 6.07) is 0. The fraction of sp³-hybridized carbons (Fsp3) is 1.00. The second-order valence-electron chi connectivity index (χ2n) is 26.5. The van der Waals surface area contributed by atoms with Crippen LogP contribution in [-0.2, 0) is 83.0 Å². The zero-order chi connectivity index (χ0) is 51.4. The van der Waals surface area contributed by atoms with Gasteiger partial charge < -0.3 is 56.5 Å². The quantitative estimate of drug-likeness (QED) is 0.319. The molecule has 0 aromatic rings. The van der Waals surface area contributed by atoms with Gasteiger partial charge in [-0.15, -0.1) is 65.1 Å². The van der Waals surface area contributed by atoms with Crippen LogP contribution in [0.5, 0.6) is 0 Å². The smallest absolute Gasteiger partial charge is 2.00 e. The van der Waals surface area contributed by atoms with Crippen molar-refractivity contribution in [3.05, 3.63) is 0 Å². The van der Waals surface area contributed by atoms with E-state index in [1.165, 1.54) is 0 Å². The fourth-order valence-electron chi connectivity index (χ4n) is 0. The molecule has 11 nitrogen and oxygen atoms in total. The van der Waals surface area contributed by atoms with Gasteiger partial charge in [0.15, 0.2) is 0 Å². The van der Waals surface area contributed by atoms with E-state index < -0.39 is 5.60 Å². The maximum Gasteiger partial charge on any atom is 4.00 e. The Balaban J connectivity index is -0.0000000351. The fourth-order valence-corrected chi connectivity index (χ4v) is 0. The first-order valence-corrected chi connectivity index (χ1v) is 21.0. The van der Waals surface area contributed by atoms with E-state index in [1.807, 2.05) is 187 Å². The van der Waals surface area contributed by atoms with Crippen molar-refractivity contribution >= 4 is 0 Å². The van der Waals surface area contributed by atoms with Crippen LogP contribution in [0, 0.1) is 48.7 Å². The molecule has 0 aliphatic heterocycles. The van der Waals surface area contributed by atoms with E-state index in [-0.39, 0.29) is 191 Å². The Morgan fingerprint density at radius 3 is 0.206 bits per heavy atom. The molecule has 14 heteroatoms. The molecule has 0 heterocycles. The molecule has 0 aliphatic carbocycles. The summed E-state index contributed by atoms with van der Waals surface area (Å²) in [6.07, 6.45) is 0. The van der Waals surface area contributed by atoms with E-state index in [0.29, 0.717) is 0 Å². The van der Waals surface area contributed by atoms with Crippen molar-refractivity contribution in [2.24, 2.45) is 48.7 Å². The molecular weight excluding hydrogens is 1300 g/mol. The van der Waals surface area contributed by atoms with Crippen LogP contribution in [0.4, 0.5) is 0 Å². The van der Waals surface area contributed by atoms with E-state index in [9.17, 15) is 51.1 Å². The third-order valence-electron chi connectivity index (χ3n) is 3.90. The standard InChI is InChI=1S/9C5H11O.C4H9O.3Hf.O/c9*1-5(2,3)4-6;1-4(2,3)5;;;;/h9*4H2,1-3H3;1-3H3;;;;/q10*-1;3*+4;-2. The van der Waals surface area contributed by atoms with Gasteiger partial charge in [-0.3, -0.25) is 0 Å². The van der Waals surface area contributed by atoms with Gasteiger partial charge in [0.25, 0.3) is 0 Å². The zero-order valence-electron chi connectivity index (χ0n) is 47.4. The van der Waals surface area contributed by atoms with Crippen LogP contribution in [0.3, 0.4) is 0 Å². The van der Waals surface area contributed by atoms with Gasteiger partial charge in [0.1, 0.15) is 0 Å². The first-order chi connectivity index (χ1) is 25.0. The van der Waals surface area contributed by atoms with Crippen molar-refractivity contribution in [1.29, 1.82) is 0 Å². The summed E-state index contributed by atoms with van der Waals surface area (Å²) in [6.45, 7) is 57.2. The third kappa shape index (κ3) is 291. The molecule has 0 aromatic carbocycles. The molecule has 0 aromatic heterocycles. The molecule has 63 heavy (non-hydrogen) atoms. The van der Waals surface area contributed by atoms with Crippen LogP contribution in [-0.4, -0.2) is 65.1 Å². The van der Waals surface area contributed by atoms with Crippen molar-refractivity contribution in [1.82, 2.24) is 0 Å². The van der Waals surface area contributed by atoms with Gasteiger partial charge in [0, 0.05) is 0 Å². The van der Waals surface area contributed by atoms with Crippen LogP contribution in [0.15, 0.2) is 0 Å². The predicted octanol–water partition coefficient (Wildman–Crippen LogP) is 3.55. The summed E-state index contributed by atoms with van der Waals surface area (Å²) in [4.78, 5) is 0. The van der Waals surface area contributed by atoms with Crippen LogP contribution < -0.4 is 51.1 Å². The van der Waals surface area contributed by atoms with Gasteiger partial charge in [-0.05, 0) is 0 Å². The topological polar surface area (TPSA) is 259 Å². The molecule has 0 amide bonds. The van der Waals surface area contributed by atoms with Gasteiger partial charge in [-0.1, -0.05) is 256 Å². The largest absolute Gasteiger partial charge is 4.00 e. The minimum atomic E-state index is -0.750. The Kier molecular flexibility index (Phi) is 82.2. The number of rotatable bonds is 0. The van der Waals surface area contributed by atoms with Gasteiger partial charge in [0.05, 0.1) is 0 Å². The van der Waals surface area contributed by atoms with Crippen molar-refractivity contribution in [2.45, 2.75) is 213 Å². The Hall–Kier alpha value is 2.17. The summed E-state index contributed by atoms with van der Waals surface area (Å²) in [5, 5.41) is 99.7. The molecule has 0 unspecified atom stereocenters. The van der Waals surface area contributed by atoms with E-state index >= 15 is 0 Å². The molecule has 0 N–H and O–H groups in total. The van der Waals surface area contributed by atoms with Crippen molar-refractivity contribution in [2.75, 3.05) is 59.5 Å². The van der Waals surface area contributed by atoms with E-state index in [4.69, 9.17) is 0 Å². The summed E-state index contributed by atoms with van der Waals surface area (Å²) in [5.74, 6) is 0. The van der Waals surface area contributed by atoms with Gasteiger partial charge in [-0.2, -0.15) is 0 Å². The molecule has 0 rings (SSSR count). The third-order valence-corrected chi connectivity index (χ3v) is 3.90. The van der Waals surface area contributed by atoms with Crippen molar-refractivity contribution in [3.63, 3.8) is 0 Å². The first kappa shape index (κ1) is 102. The normalized spacial score (nSPS) is 11.2. The molecule has 0 radical (unpaired) electrons. The summed E-state index contributed by atoms with van der Waals surface area (Å²) in [5.41, 5.74) is -0.875. The summed E-state index contributed by atoms with van der Waals surface area (Å²) >= 11 is 0. The monoisotopic (exact) mass is 1410 g/mol. The van der Waals surface area contributed by atoms with Gasteiger partial charge in [0.2, 0.25) is 0 Å². The molecule has 0 fully saturated rings. The Morgan fingerprint density at radius 2 is 0.206 bits per heavy atom. The van der Waals surface area contributed by atoms with Crippen molar-refractivity contribution < 1.29 is 134 Å². The Bertz CT molecular complexity index is 601. The van der Waals surface area contributed by atoms with Gasteiger partial charge >= 0.3 is 77.5 Å². The Labute approximate surface area is 451 Å². The summed E-state index contributed by atoms with van der Waals surface area (Å²) in [7, 11) is 0. The average Bonchev–Trinajstić information content (AvgIpc) is 2.99. The average molecular weight is 1410 g/mol. The molecule has 0 saturated heterocycles. The molecule has 0 saturated carbocycles. The van der Waals surface area contributed by atoms with Gasteiger partial charge in [-0.25, -0.2) is 0 Å². The van der Waals surface area contributed by atoms with E-state index in [1.54, 1.807) is 20.8 Å². The van der Waals surface area contributed by atoms with E-state index in [0.717, 1.165) is 0 Å². The second-order valence-corrected chi connectivity index (χ2v) is 26.5. The van der Waals surface area contributed by atoms with Crippen LogP contribution in [0.2, 0.25) is 0 Å². The maximum atomic E-state index is 10.1. The molecule has 0 aliphatic rings. The van der Waals surface area contributed by atoms with E-state index in [2.05, 4.69) is 0 Å². The van der Waals surface area contributed by atoms with Crippen LogP contribution in [0.25, 0.3) is 0 Å². The molecule has 0 bridgehead atoms. The summed E-state index contributed by atoms with van der Waals surface area (Å²) < 4.78 is 0. The Morgan fingerprint density at radius 1 is 0.190 bits per heavy atom. The molecule has 0 atom stereocenters. The molecule has 0 spiro atoms. The number of hydrogen-bond acceptors (Lipinski definition) is 10. The predicted molar refractivity (Wildman–Crippen MR) is 239 cm³/mol. The van der Waals surface area contributed by atoms with Crippen molar-refractivity contribution in [3.8, 4) is 0 Å².